The number of para-hydroxylation sites is 1. The molecule has 0 spiro atoms. The Bertz CT molecular complexity index is 488. The Kier molecular flexibility index (Phi) is 4.27. The van der Waals surface area contributed by atoms with Gasteiger partial charge in [-0.05, 0) is 25.0 Å². The summed E-state index contributed by atoms with van der Waals surface area (Å²) in [5, 5.41) is 3.42. The molecule has 0 amide bonds. The Hall–Kier alpha value is -1.03. The molecule has 1 aromatic rings. The van der Waals surface area contributed by atoms with E-state index in [1.165, 1.54) is 31.9 Å². The van der Waals surface area contributed by atoms with Gasteiger partial charge in [-0.3, -0.25) is 0 Å². The summed E-state index contributed by atoms with van der Waals surface area (Å²) in [5.41, 5.74) is 0.756. The number of hydrogen-bond acceptors (Lipinski definition) is 3. The molecule has 1 aliphatic carbocycles. The third-order valence-electron chi connectivity index (χ3n) is 3.50. The topological polar surface area (TPSA) is 46.2 Å². The first kappa shape index (κ1) is 13.4. The van der Waals surface area contributed by atoms with Gasteiger partial charge in [-0.25, -0.2) is 8.42 Å². The van der Waals surface area contributed by atoms with Crippen LogP contribution in [0.5, 0.6) is 0 Å². The fraction of sp³-hybridized carbons (Fsp3) is 0.571. The lowest BCUT2D eigenvalue weighted by atomic mass is 10.1. The lowest BCUT2D eigenvalue weighted by Crippen LogP contribution is -2.19. The zero-order valence-electron chi connectivity index (χ0n) is 10.9. The van der Waals surface area contributed by atoms with E-state index in [-0.39, 0.29) is 0 Å². The SMILES string of the molecule is CS(=O)(=O)c1ccccc1NC1CCCCCC1. The number of anilines is 1. The molecular formula is C14H21NO2S. The minimum Gasteiger partial charge on any atom is -0.381 e. The molecule has 18 heavy (non-hydrogen) atoms. The standard InChI is InChI=1S/C14H21NO2S/c1-18(16,17)14-11-7-6-10-13(14)15-12-8-4-2-3-5-9-12/h6-7,10-12,15H,2-5,8-9H2,1H3. The molecule has 1 aliphatic rings. The van der Waals surface area contributed by atoms with Crippen molar-refractivity contribution in [3.05, 3.63) is 24.3 Å². The second-order valence-electron chi connectivity index (χ2n) is 5.10. The first-order valence-electron chi connectivity index (χ1n) is 6.63. The molecular weight excluding hydrogens is 246 g/mol. The normalized spacial score (nSPS) is 18.3. The van der Waals surface area contributed by atoms with Crippen LogP contribution >= 0.6 is 0 Å². The number of hydrogen-bond donors (Lipinski definition) is 1. The van der Waals surface area contributed by atoms with Crippen LogP contribution in [0.25, 0.3) is 0 Å². The van der Waals surface area contributed by atoms with Crippen LogP contribution in [-0.4, -0.2) is 20.7 Å². The molecule has 100 valence electrons. The van der Waals surface area contributed by atoms with Crippen LogP contribution in [0.15, 0.2) is 29.2 Å². The van der Waals surface area contributed by atoms with Crippen molar-refractivity contribution < 1.29 is 8.42 Å². The molecule has 0 aromatic heterocycles. The van der Waals surface area contributed by atoms with Crippen molar-refractivity contribution >= 4 is 15.5 Å². The first-order chi connectivity index (χ1) is 8.57. The van der Waals surface area contributed by atoms with E-state index in [9.17, 15) is 8.42 Å². The van der Waals surface area contributed by atoms with Gasteiger partial charge in [-0.15, -0.1) is 0 Å². The van der Waals surface area contributed by atoms with Crippen molar-refractivity contribution in [1.29, 1.82) is 0 Å². The Morgan fingerprint density at radius 1 is 1.06 bits per heavy atom. The zero-order chi connectivity index (χ0) is 13.0. The van der Waals surface area contributed by atoms with Gasteiger partial charge >= 0.3 is 0 Å². The molecule has 2 rings (SSSR count). The molecule has 4 heteroatoms. The second-order valence-corrected chi connectivity index (χ2v) is 7.09. The molecule has 0 saturated heterocycles. The van der Waals surface area contributed by atoms with E-state index < -0.39 is 9.84 Å². The molecule has 1 N–H and O–H groups in total. The van der Waals surface area contributed by atoms with Gasteiger partial charge in [0.05, 0.1) is 10.6 Å². The number of rotatable bonds is 3. The monoisotopic (exact) mass is 267 g/mol. The molecule has 0 bridgehead atoms. The van der Waals surface area contributed by atoms with Crippen LogP contribution in [0, 0.1) is 0 Å². The maximum absolute atomic E-state index is 11.7. The van der Waals surface area contributed by atoms with Crippen molar-refractivity contribution in [3.8, 4) is 0 Å². The summed E-state index contributed by atoms with van der Waals surface area (Å²) in [6.07, 6.45) is 8.60. The maximum Gasteiger partial charge on any atom is 0.177 e. The average molecular weight is 267 g/mol. The third-order valence-corrected chi connectivity index (χ3v) is 4.66. The molecule has 0 atom stereocenters. The Morgan fingerprint density at radius 3 is 2.28 bits per heavy atom. The second kappa shape index (κ2) is 5.74. The quantitative estimate of drug-likeness (QED) is 0.855. The van der Waals surface area contributed by atoms with E-state index in [0.717, 1.165) is 18.5 Å². The minimum absolute atomic E-state index is 0.411. The van der Waals surface area contributed by atoms with E-state index in [0.29, 0.717) is 10.9 Å². The van der Waals surface area contributed by atoms with Gasteiger partial charge in [0.15, 0.2) is 9.84 Å². The molecule has 0 aliphatic heterocycles. The van der Waals surface area contributed by atoms with E-state index in [1.807, 2.05) is 12.1 Å². The van der Waals surface area contributed by atoms with Gasteiger partial charge in [0.1, 0.15) is 0 Å². The molecule has 0 heterocycles. The number of sulfone groups is 1. The molecule has 3 nitrogen and oxygen atoms in total. The summed E-state index contributed by atoms with van der Waals surface area (Å²) in [7, 11) is -3.16. The Morgan fingerprint density at radius 2 is 1.67 bits per heavy atom. The van der Waals surface area contributed by atoms with Gasteiger partial charge in [0.2, 0.25) is 0 Å². The maximum atomic E-state index is 11.7. The number of nitrogens with one attached hydrogen (secondary N) is 1. The molecule has 1 aromatic carbocycles. The minimum atomic E-state index is -3.16. The highest BCUT2D eigenvalue weighted by atomic mass is 32.2. The lowest BCUT2D eigenvalue weighted by molar-refractivity contribution is 0.599. The van der Waals surface area contributed by atoms with Crippen molar-refractivity contribution in [2.75, 3.05) is 11.6 Å². The van der Waals surface area contributed by atoms with Crippen LogP contribution in [0.3, 0.4) is 0 Å². The molecule has 0 unspecified atom stereocenters. The highest BCUT2D eigenvalue weighted by Crippen LogP contribution is 2.25. The van der Waals surface area contributed by atoms with Gasteiger partial charge in [0, 0.05) is 12.3 Å². The van der Waals surface area contributed by atoms with Crippen molar-refractivity contribution in [1.82, 2.24) is 0 Å². The highest BCUT2D eigenvalue weighted by Gasteiger charge is 2.17. The smallest absolute Gasteiger partial charge is 0.177 e. The van der Waals surface area contributed by atoms with Crippen LogP contribution in [-0.2, 0) is 9.84 Å². The largest absolute Gasteiger partial charge is 0.381 e. The van der Waals surface area contributed by atoms with E-state index in [4.69, 9.17) is 0 Å². The van der Waals surface area contributed by atoms with Crippen LogP contribution in [0.2, 0.25) is 0 Å². The van der Waals surface area contributed by atoms with Crippen LogP contribution in [0.4, 0.5) is 5.69 Å². The summed E-state index contributed by atoms with van der Waals surface area (Å²) >= 11 is 0. The van der Waals surface area contributed by atoms with Gasteiger partial charge < -0.3 is 5.32 Å². The van der Waals surface area contributed by atoms with Crippen molar-refractivity contribution in [2.45, 2.75) is 49.5 Å². The van der Waals surface area contributed by atoms with Crippen molar-refractivity contribution in [2.24, 2.45) is 0 Å². The van der Waals surface area contributed by atoms with E-state index in [1.54, 1.807) is 12.1 Å². The summed E-state index contributed by atoms with van der Waals surface area (Å²) < 4.78 is 23.4. The lowest BCUT2D eigenvalue weighted by Gasteiger charge is -2.19. The average Bonchev–Trinajstić information content (AvgIpc) is 2.57. The predicted molar refractivity (Wildman–Crippen MR) is 74.7 cm³/mol. The van der Waals surface area contributed by atoms with Crippen molar-refractivity contribution in [3.63, 3.8) is 0 Å². The summed E-state index contributed by atoms with van der Waals surface area (Å²) in [6, 6.07) is 7.60. The summed E-state index contributed by atoms with van der Waals surface area (Å²) in [4.78, 5) is 0.411. The first-order valence-corrected chi connectivity index (χ1v) is 8.52. The fourth-order valence-corrected chi connectivity index (χ4v) is 3.41. The molecule has 1 saturated carbocycles. The Labute approximate surface area is 110 Å². The van der Waals surface area contributed by atoms with Gasteiger partial charge in [-0.1, -0.05) is 37.8 Å². The number of benzene rings is 1. The van der Waals surface area contributed by atoms with Crippen LogP contribution < -0.4 is 5.32 Å². The zero-order valence-corrected chi connectivity index (χ0v) is 11.7. The highest BCUT2D eigenvalue weighted by molar-refractivity contribution is 7.90. The Balaban J connectivity index is 2.18. The van der Waals surface area contributed by atoms with E-state index >= 15 is 0 Å². The van der Waals surface area contributed by atoms with Gasteiger partial charge in [0.25, 0.3) is 0 Å². The molecule has 0 radical (unpaired) electrons. The molecule has 1 fully saturated rings. The summed E-state index contributed by atoms with van der Waals surface area (Å²) in [5.74, 6) is 0. The van der Waals surface area contributed by atoms with Crippen LogP contribution in [0.1, 0.15) is 38.5 Å². The van der Waals surface area contributed by atoms with Gasteiger partial charge in [-0.2, -0.15) is 0 Å². The summed E-state index contributed by atoms with van der Waals surface area (Å²) in [6.45, 7) is 0. The fourth-order valence-electron chi connectivity index (χ4n) is 2.55. The predicted octanol–water partition coefficient (Wildman–Crippen LogP) is 3.22. The third kappa shape index (κ3) is 3.48. The van der Waals surface area contributed by atoms with E-state index in [2.05, 4.69) is 5.32 Å².